The van der Waals surface area contributed by atoms with Gasteiger partial charge in [0.25, 0.3) is 0 Å². The molecule has 1 saturated heterocycles. The Labute approximate surface area is 110 Å². The second kappa shape index (κ2) is 5.18. The molecule has 0 radical (unpaired) electrons. The van der Waals surface area contributed by atoms with E-state index in [0.717, 1.165) is 23.4 Å². The molecule has 0 spiro atoms. The summed E-state index contributed by atoms with van der Waals surface area (Å²) < 4.78 is 6.63. The maximum absolute atomic E-state index is 5.72. The molecule has 1 aliphatic heterocycles. The highest BCUT2D eigenvalue weighted by Gasteiger charge is 2.24. The Kier molecular flexibility index (Phi) is 3.83. The van der Waals surface area contributed by atoms with E-state index in [2.05, 4.69) is 50.0 Å². The van der Waals surface area contributed by atoms with E-state index in [1.807, 2.05) is 7.05 Å². The average molecular weight is 301 g/mol. The lowest BCUT2D eigenvalue weighted by molar-refractivity contribution is -0.00550. The molecule has 0 aliphatic carbocycles. The van der Waals surface area contributed by atoms with E-state index in [4.69, 9.17) is 4.74 Å². The van der Waals surface area contributed by atoms with E-state index in [-0.39, 0.29) is 12.2 Å². The monoisotopic (exact) mass is 300 g/mol. The van der Waals surface area contributed by atoms with Crippen LogP contribution in [-0.4, -0.2) is 42.3 Å². The molecule has 2 unspecified atom stereocenters. The quantitative estimate of drug-likeness (QED) is 0.904. The highest BCUT2D eigenvalue weighted by Crippen LogP contribution is 2.26. The molecule has 6 heteroatoms. The third-order valence-corrected chi connectivity index (χ3v) is 3.23. The SMILES string of the molecule is CNc1ncc(Br)c(N2CC(C)OC(C)C2)n1. The fraction of sp³-hybridized carbons (Fsp3) is 0.636. The normalized spacial score (nSPS) is 24.8. The summed E-state index contributed by atoms with van der Waals surface area (Å²) in [6, 6.07) is 0. The van der Waals surface area contributed by atoms with Crippen molar-refractivity contribution in [3.8, 4) is 0 Å². The largest absolute Gasteiger partial charge is 0.372 e. The van der Waals surface area contributed by atoms with Crippen molar-refractivity contribution in [3.05, 3.63) is 10.7 Å². The van der Waals surface area contributed by atoms with Crippen LogP contribution in [0.1, 0.15) is 13.8 Å². The van der Waals surface area contributed by atoms with Crippen LogP contribution >= 0.6 is 15.9 Å². The highest BCUT2D eigenvalue weighted by atomic mass is 79.9. The topological polar surface area (TPSA) is 50.3 Å². The molecule has 1 fully saturated rings. The lowest BCUT2D eigenvalue weighted by Crippen LogP contribution is -2.46. The lowest BCUT2D eigenvalue weighted by Gasteiger charge is -2.36. The number of hydrogen-bond donors (Lipinski definition) is 1. The van der Waals surface area contributed by atoms with Crippen molar-refractivity contribution in [1.82, 2.24) is 9.97 Å². The van der Waals surface area contributed by atoms with E-state index in [9.17, 15) is 0 Å². The highest BCUT2D eigenvalue weighted by molar-refractivity contribution is 9.10. The van der Waals surface area contributed by atoms with E-state index < -0.39 is 0 Å². The fourth-order valence-corrected chi connectivity index (χ4v) is 2.49. The Balaban J connectivity index is 2.26. The number of nitrogens with zero attached hydrogens (tertiary/aromatic N) is 3. The van der Waals surface area contributed by atoms with Gasteiger partial charge in [-0.2, -0.15) is 4.98 Å². The molecule has 2 heterocycles. The predicted octanol–water partition coefficient (Wildman–Crippen LogP) is 1.89. The molecular weight excluding hydrogens is 284 g/mol. The maximum Gasteiger partial charge on any atom is 0.224 e. The van der Waals surface area contributed by atoms with Crippen LogP contribution in [0.15, 0.2) is 10.7 Å². The number of ether oxygens (including phenoxy) is 1. The molecular formula is C11H17BrN4O. The Bertz CT molecular complexity index is 391. The van der Waals surface area contributed by atoms with Gasteiger partial charge in [0.2, 0.25) is 5.95 Å². The first-order chi connectivity index (χ1) is 8.10. The van der Waals surface area contributed by atoms with Gasteiger partial charge in [-0.25, -0.2) is 4.98 Å². The van der Waals surface area contributed by atoms with Crippen LogP contribution in [0.4, 0.5) is 11.8 Å². The second-order valence-corrected chi connectivity index (χ2v) is 5.13. The Morgan fingerprint density at radius 2 is 2.06 bits per heavy atom. The predicted molar refractivity (Wildman–Crippen MR) is 71.5 cm³/mol. The first-order valence-corrected chi connectivity index (χ1v) is 6.50. The van der Waals surface area contributed by atoms with Crippen LogP contribution in [0, 0.1) is 0 Å². The van der Waals surface area contributed by atoms with Crippen LogP contribution in [0.3, 0.4) is 0 Å². The van der Waals surface area contributed by atoms with Crippen molar-refractivity contribution < 1.29 is 4.74 Å². The molecule has 1 N–H and O–H groups in total. The third-order valence-electron chi connectivity index (χ3n) is 2.67. The van der Waals surface area contributed by atoms with Crippen molar-refractivity contribution in [1.29, 1.82) is 0 Å². The number of rotatable bonds is 2. The summed E-state index contributed by atoms with van der Waals surface area (Å²) in [7, 11) is 1.82. The van der Waals surface area contributed by atoms with Gasteiger partial charge >= 0.3 is 0 Å². The Hall–Kier alpha value is -0.880. The number of nitrogens with one attached hydrogen (secondary N) is 1. The molecule has 0 aromatic carbocycles. The van der Waals surface area contributed by atoms with Crippen LogP contribution in [-0.2, 0) is 4.74 Å². The van der Waals surface area contributed by atoms with Crippen molar-refractivity contribution in [2.24, 2.45) is 0 Å². The molecule has 2 atom stereocenters. The van der Waals surface area contributed by atoms with Gasteiger partial charge < -0.3 is 15.0 Å². The molecule has 0 bridgehead atoms. The first-order valence-electron chi connectivity index (χ1n) is 5.71. The van der Waals surface area contributed by atoms with Crippen LogP contribution < -0.4 is 10.2 Å². The van der Waals surface area contributed by atoms with Crippen molar-refractivity contribution in [3.63, 3.8) is 0 Å². The summed E-state index contributed by atoms with van der Waals surface area (Å²) in [6.45, 7) is 5.86. The number of anilines is 2. The zero-order valence-corrected chi connectivity index (χ0v) is 11.9. The number of morpholine rings is 1. The van der Waals surface area contributed by atoms with Gasteiger partial charge in [0.1, 0.15) is 5.82 Å². The van der Waals surface area contributed by atoms with E-state index >= 15 is 0 Å². The summed E-state index contributed by atoms with van der Waals surface area (Å²) in [5.74, 6) is 1.56. The van der Waals surface area contributed by atoms with Gasteiger partial charge in [-0.05, 0) is 29.8 Å². The standard InChI is InChI=1S/C11H17BrN4O/c1-7-5-16(6-8(2)17-7)10-9(12)4-14-11(13-3)15-10/h4,7-8H,5-6H2,1-3H3,(H,13,14,15). The minimum absolute atomic E-state index is 0.221. The number of hydrogen-bond acceptors (Lipinski definition) is 5. The van der Waals surface area contributed by atoms with Gasteiger partial charge in [-0.1, -0.05) is 0 Å². The summed E-state index contributed by atoms with van der Waals surface area (Å²) in [5, 5.41) is 2.96. The average Bonchev–Trinajstić information content (AvgIpc) is 2.28. The van der Waals surface area contributed by atoms with Gasteiger partial charge in [0.15, 0.2) is 0 Å². The summed E-state index contributed by atoms with van der Waals surface area (Å²) in [6.07, 6.45) is 2.22. The summed E-state index contributed by atoms with van der Waals surface area (Å²) in [4.78, 5) is 10.9. The van der Waals surface area contributed by atoms with E-state index in [0.29, 0.717) is 5.95 Å². The minimum Gasteiger partial charge on any atom is -0.372 e. The smallest absolute Gasteiger partial charge is 0.224 e. The van der Waals surface area contributed by atoms with Gasteiger partial charge in [0.05, 0.1) is 16.7 Å². The Morgan fingerprint density at radius 3 is 2.65 bits per heavy atom. The van der Waals surface area contributed by atoms with E-state index in [1.165, 1.54) is 0 Å². The Morgan fingerprint density at radius 1 is 1.41 bits per heavy atom. The van der Waals surface area contributed by atoms with Crippen molar-refractivity contribution in [2.75, 3.05) is 30.4 Å². The summed E-state index contributed by atoms with van der Waals surface area (Å²) in [5.41, 5.74) is 0. The third kappa shape index (κ3) is 2.87. The van der Waals surface area contributed by atoms with Gasteiger partial charge in [-0.3, -0.25) is 0 Å². The maximum atomic E-state index is 5.72. The van der Waals surface area contributed by atoms with Crippen molar-refractivity contribution in [2.45, 2.75) is 26.1 Å². The molecule has 1 aromatic rings. The molecule has 94 valence electrons. The first kappa shape index (κ1) is 12.6. The zero-order chi connectivity index (χ0) is 12.4. The molecule has 0 amide bonds. The molecule has 1 aliphatic rings. The molecule has 17 heavy (non-hydrogen) atoms. The zero-order valence-electron chi connectivity index (χ0n) is 10.3. The van der Waals surface area contributed by atoms with Crippen LogP contribution in [0.2, 0.25) is 0 Å². The summed E-state index contributed by atoms with van der Waals surface area (Å²) >= 11 is 3.50. The van der Waals surface area contributed by atoms with Gasteiger partial charge in [-0.15, -0.1) is 0 Å². The molecule has 5 nitrogen and oxygen atoms in total. The van der Waals surface area contributed by atoms with Crippen molar-refractivity contribution >= 4 is 27.7 Å². The molecule has 2 rings (SSSR count). The number of halogens is 1. The minimum atomic E-state index is 0.221. The molecule has 1 aromatic heterocycles. The molecule has 0 saturated carbocycles. The fourth-order valence-electron chi connectivity index (χ4n) is 2.05. The van der Waals surface area contributed by atoms with Crippen LogP contribution in [0.5, 0.6) is 0 Å². The van der Waals surface area contributed by atoms with Crippen LogP contribution in [0.25, 0.3) is 0 Å². The van der Waals surface area contributed by atoms with E-state index in [1.54, 1.807) is 6.20 Å². The number of aromatic nitrogens is 2. The van der Waals surface area contributed by atoms with Gasteiger partial charge in [0, 0.05) is 26.3 Å². The second-order valence-electron chi connectivity index (χ2n) is 4.28. The lowest BCUT2D eigenvalue weighted by atomic mass is 10.2.